The lowest BCUT2D eigenvalue weighted by Crippen LogP contribution is -2.50. The maximum Gasteiger partial charge on any atom is 0.236 e. The number of hydrogen-bond donors (Lipinski definition) is 0. The molecule has 0 spiro atoms. The predicted octanol–water partition coefficient (Wildman–Crippen LogP) is 5.02. The molecular formula is C17H34O4. The van der Waals surface area contributed by atoms with Crippen LogP contribution in [0, 0.1) is 11.3 Å². The maximum absolute atomic E-state index is 5.79. The van der Waals surface area contributed by atoms with E-state index in [-0.39, 0.29) is 17.1 Å². The maximum atomic E-state index is 5.79. The van der Waals surface area contributed by atoms with Crippen LogP contribution in [0.4, 0.5) is 0 Å². The molecule has 4 heteroatoms. The van der Waals surface area contributed by atoms with E-state index in [1.807, 2.05) is 41.5 Å². The Morgan fingerprint density at radius 3 is 1.57 bits per heavy atom. The van der Waals surface area contributed by atoms with Crippen molar-refractivity contribution >= 4 is 0 Å². The third-order valence-corrected chi connectivity index (χ3v) is 3.63. The summed E-state index contributed by atoms with van der Waals surface area (Å²) in [5.74, 6) is -0.651. The first kappa shape index (κ1) is 18.9. The van der Waals surface area contributed by atoms with Gasteiger partial charge in [-0.3, -0.25) is 0 Å². The molecule has 1 unspecified atom stereocenters. The summed E-state index contributed by atoms with van der Waals surface area (Å²) in [7, 11) is 0. The van der Waals surface area contributed by atoms with Crippen molar-refractivity contribution in [2.24, 2.45) is 11.3 Å². The predicted molar refractivity (Wildman–Crippen MR) is 83.4 cm³/mol. The van der Waals surface area contributed by atoms with E-state index in [1.165, 1.54) is 0 Å². The lowest BCUT2D eigenvalue weighted by molar-refractivity contribution is -0.556. The van der Waals surface area contributed by atoms with Gasteiger partial charge in [-0.05, 0) is 59.8 Å². The molecule has 0 radical (unpaired) electrons. The van der Waals surface area contributed by atoms with Gasteiger partial charge in [-0.15, -0.1) is 0 Å². The van der Waals surface area contributed by atoms with Crippen LogP contribution in [0.25, 0.3) is 0 Å². The molecule has 0 heterocycles. The minimum Gasteiger partial charge on any atom is -0.228 e. The molecule has 0 bridgehead atoms. The highest BCUT2D eigenvalue weighted by molar-refractivity contribution is 4.88. The molecule has 0 aromatic rings. The average molecular weight is 302 g/mol. The fourth-order valence-corrected chi connectivity index (χ4v) is 2.50. The standard InChI is InChI=1S/C17H34O4/c1-13-12-16(8,9)10-11-17(13,20-18-14(2,3)4)21-19-15(5,6)7/h13H,10-12H2,1-9H3. The molecule has 4 nitrogen and oxygen atoms in total. The van der Waals surface area contributed by atoms with Crippen molar-refractivity contribution in [1.82, 2.24) is 0 Å². The minimum absolute atomic E-state index is 0.186. The van der Waals surface area contributed by atoms with Crippen molar-refractivity contribution in [3.05, 3.63) is 0 Å². The smallest absolute Gasteiger partial charge is 0.228 e. The molecule has 21 heavy (non-hydrogen) atoms. The zero-order chi connectivity index (χ0) is 16.5. The summed E-state index contributed by atoms with van der Waals surface area (Å²) in [6.45, 7) is 18.5. The molecule has 1 aliphatic rings. The monoisotopic (exact) mass is 302 g/mol. The van der Waals surface area contributed by atoms with E-state index < -0.39 is 5.79 Å². The fourth-order valence-electron chi connectivity index (χ4n) is 2.50. The Balaban J connectivity index is 2.84. The zero-order valence-electron chi connectivity index (χ0n) is 15.3. The van der Waals surface area contributed by atoms with Gasteiger partial charge in [0.1, 0.15) is 0 Å². The van der Waals surface area contributed by atoms with Crippen molar-refractivity contribution in [3.8, 4) is 0 Å². The summed E-state index contributed by atoms with van der Waals surface area (Å²) >= 11 is 0. The first-order chi connectivity index (χ1) is 9.25. The second kappa shape index (κ2) is 6.15. The average Bonchev–Trinajstić information content (AvgIpc) is 2.24. The molecule has 1 rings (SSSR count). The van der Waals surface area contributed by atoms with Gasteiger partial charge in [0.15, 0.2) is 0 Å². The quantitative estimate of drug-likeness (QED) is 0.415. The lowest BCUT2D eigenvalue weighted by Gasteiger charge is -2.46. The van der Waals surface area contributed by atoms with E-state index in [9.17, 15) is 0 Å². The SMILES string of the molecule is CC1CC(C)(C)CCC1(OOC(C)(C)C)OOC(C)(C)C. The van der Waals surface area contributed by atoms with E-state index in [2.05, 4.69) is 20.8 Å². The molecule has 1 fully saturated rings. The summed E-state index contributed by atoms with van der Waals surface area (Å²) in [5.41, 5.74) is -0.478. The van der Waals surface area contributed by atoms with Gasteiger partial charge in [-0.1, -0.05) is 20.8 Å². The van der Waals surface area contributed by atoms with Crippen LogP contribution in [-0.4, -0.2) is 17.0 Å². The largest absolute Gasteiger partial charge is 0.236 e. The van der Waals surface area contributed by atoms with Crippen LogP contribution in [0.15, 0.2) is 0 Å². The second-order valence-corrected chi connectivity index (χ2v) is 9.14. The van der Waals surface area contributed by atoms with Crippen molar-refractivity contribution in [2.45, 2.75) is 98.6 Å². The molecular weight excluding hydrogens is 268 g/mol. The summed E-state index contributed by atoms with van der Waals surface area (Å²) in [6, 6.07) is 0. The van der Waals surface area contributed by atoms with Crippen LogP contribution < -0.4 is 0 Å². The highest BCUT2D eigenvalue weighted by Crippen LogP contribution is 2.47. The Hall–Kier alpha value is -0.160. The van der Waals surface area contributed by atoms with E-state index in [0.29, 0.717) is 5.41 Å². The molecule has 0 aliphatic heterocycles. The van der Waals surface area contributed by atoms with E-state index in [4.69, 9.17) is 19.6 Å². The van der Waals surface area contributed by atoms with Crippen molar-refractivity contribution in [1.29, 1.82) is 0 Å². The van der Waals surface area contributed by atoms with Crippen molar-refractivity contribution in [2.75, 3.05) is 0 Å². The molecule has 1 aliphatic carbocycles. The molecule has 126 valence electrons. The molecule has 0 aromatic heterocycles. The normalized spacial score (nSPS) is 25.9. The van der Waals surface area contributed by atoms with Gasteiger partial charge < -0.3 is 0 Å². The Kier molecular flexibility index (Phi) is 5.53. The van der Waals surface area contributed by atoms with E-state index in [0.717, 1.165) is 19.3 Å². The van der Waals surface area contributed by atoms with Crippen LogP contribution in [0.3, 0.4) is 0 Å². The number of hydrogen-bond acceptors (Lipinski definition) is 4. The number of rotatable bonds is 4. The fraction of sp³-hybridized carbons (Fsp3) is 1.00. The summed E-state index contributed by atoms with van der Waals surface area (Å²) < 4.78 is 0. The Morgan fingerprint density at radius 1 is 0.810 bits per heavy atom. The summed E-state index contributed by atoms with van der Waals surface area (Å²) in [5, 5.41) is 0. The third-order valence-electron chi connectivity index (χ3n) is 3.63. The summed E-state index contributed by atoms with van der Waals surface area (Å²) in [6.07, 6.45) is 2.78. The van der Waals surface area contributed by atoms with Crippen LogP contribution in [0.1, 0.15) is 81.6 Å². The van der Waals surface area contributed by atoms with Crippen molar-refractivity contribution in [3.63, 3.8) is 0 Å². The second-order valence-electron chi connectivity index (χ2n) is 9.14. The third kappa shape index (κ3) is 6.23. The van der Waals surface area contributed by atoms with Gasteiger partial charge in [0, 0.05) is 12.3 Å². The van der Waals surface area contributed by atoms with Gasteiger partial charge in [0.25, 0.3) is 0 Å². The summed E-state index contributed by atoms with van der Waals surface area (Å²) in [4.78, 5) is 22.7. The Bertz CT molecular complexity index is 318. The highest BCUT2D eigenvalue weighted by atomic mass is 17.3. The topological polar surface area (TPSA) is 36.9 Å². The van der Waals surface area contributed by atoms with Crippen LogP contribution in [-0.2, 0) is 19.6 Å². The van der Waals surface area contributed by atoms with E-state index >= 15 is 0 Å². The van der Waals surface area contributed by atoms with Crippen LogP contribution >= 0.6 is 0 Å². The zero-order valence-corrected chi connectivity index (χ0v) is 15.3. The minimum atomic E-state index is -0.837. The van der Waals surface area contributed by atoms with E-state index in [1.54, 1.807) is 0 Å². The molecule has 0 N–H and O–H groups in total. The Labute approximate surface area is 130 Å². The van der Waals surface area contributed by atoms with Gasteiger partial charge in [0.05, 0.1) is 11.2 Å². The molecule has 1 atom stereocenters. The van der Waals surface area contributed by atoms with Gasteiger partial charge in [-0.25, -0.2) is 9.78 Å². The molecule has 0 amide bonds. The first-order valence-corrected chi connectivity index (χ1v) is 7.98. The molecule has 1 saturated carbocycles. The van der Waals surface area contributed by atoms with Gasteiger partial charge in [-0.2, -0.15) is 9.78 Å². The molecule has 0 saturated heterocycles. The van der Waals surface area contributed by atoms with Crippen LogP contribution in [0.5, 0.6) is 0 Å². The van der Waals surface area contributed by atoms with Gasteiger partial charge in [0.2, 0.25) is 5.79 Å². The highest BCUT2D eigenvalue weighted by Gasteiger charge is 2.49. The molecule has 0 aromatic carbocycles. The van der Waals surface area contributed by atoms with Gasteiger partial charge >= 0.3 is 0 Å². The first-order valence-electron chi connectivity index (χ1n) is 7.98. The van der Waals surface area contributed by atoms with Crippen LogP contribution in [0.2, 0.25) is 0 Å². The Morgan fingerprint density at radius 2 is 1.24 bits per heavy atom. The lowest BCUT2D eigenvalue weighted by atomic mass is 9.70. The van der Waals surface area contributed by atoms with Crippen molar-refractivity contribution < 1.29 is 19.6 Å².